The normalized spacial score (nSPS) is 38.5. The Bertz CT molecular complexity index is 2440. The monoisotopic (exact) mass is 1050 g/mol. The third-order valence-corrected chi connectivity index (χ3v) is 12.8. The summed E-state index contributed by atoms with van der Waals surface area (Å²) in [5.74, 6) is -3.10. The molecule has 0 saturated carbocycles. The summed E-state index contributed by atoms with van der Waals surface area (Å²) in [5, 5.41) is 167. The van der Waals surface area contributed by atoms with E-state index in [1.165, 1.54) is 48.6 Å². The molecule has 6 aliphatic rings. The van der Waals surface area contributed by atoms with Gasteiger partial charge in [-0.05, 0) is 35.9 Å². The van der Waals surface area contributed by atoms with Gasteiger partial charge in [0.15, 0.2) is 23.9 Å². The topological polar surface area (TPSA) is 437 Å². The summed E-state index contributed by atoms with van der Waals surface area (Å²) >= 11 is 0. The molecule has 0 spiro atoms. The first kappa shape index (κ1) is 54.7. The number of aromatic hydroxyl groups is 2. The zero-order valence-corrected chi connectivity index (χ0v) is 38.5. The van der Waals surface area contributed by atoms with Crippen molar-refractivity contribution < 1.29 is 134 Å². The van der Waals surface area contributed by atoms with Gasteiger partial charge in [0.2, 0.25) is 30.7 Å². The molecule has 0 bridgehead atoms. The maximum Gasteiger partial charge on any atom is 0.330 e. The smallest absolute Gasteiger partial charge is 0.330 e. The van der Waals surface area contributed by atoms with Crippen LogP contribution in [-0.4, -0.2) is 242 Å². The summed E-state index contributed by atoms with van der Waals surface area (Å²) in [6, 6.07) is 9.38. The number of fused-ring (bicyclic) bond motifs is 1. The Labute approximate surface area is 418 Å². The average molecular weight is 1050 g/mol. The Balaban J connectivity index is 1.04. The summed E-state index contributed by atoms with van der Waals surface area (Å²) in [4.78, 5) is 13.1. The molecule has 2 aromatic carbocycles. The van der Waals surface area contributed by atoms with Gasteiger partial charge in [0.05, 0.1) is 37.0 Å². The largest absolute Gasteiger partial charge is 0.571 e. The number of aliphatic hydroxyl groups is 16. The zero-order chi connectivity index (χ0) is 53.3. The van der Waals surface area contributed by atoms with Crippen molar-refractivity contribution in [2.45, 2.75) is 123 Å². The molecule has 27 nitrogen and oxygen atoms in total. The SMILES string of the molecule is O=C(C=Cc1ccc(OC2OC(CO)C(O)C(O)C2O)cc1)OCC1OC(OC2=C(c3ccc(O)c(O)c3)[OH+]C3C=C(O)C=C(OC4OC(CO)C(O)C(O)C4O)C3=C2)C(OC2OCC(O)C(O)C2O)C(O)C1O. The van der Waals surface area contributed by atoms with E-state index < -0.39 is 172 Å². The van der Waals surface area contributed by atoms with Crippen molar-refractivity contribution in [1.29, 1.82) is 0 Å². The molecule has 5 heterocycles. The summed E-state index contributed by atoms with van der Waals surface area (Å²) in [7, 11) is 0. The third-order valence-electron chi connectivity index (χ3n) is 12.8. The predicted molar refractivity (Wildman–Crippen MR) is 240 cm³/mol. The second-order valence-electron chi connectivity index (χ2n) is 17.8. The minimum Gasteiger partial charge on any atom is -0.571 e. The molecule has 4 saturated heterocycles. The molecule has 0 radical (unpaired) electrons. The van der Waals surface area contributed by atoms with Crippen molar-refractivity contribution in [2.75, 3.05) is 26.4 Å². The minimum absolute atomic E-state index is 0.0479. The fourth-order valence-corrected chi connectivity index (χ4v) is 8.50. The molecule has 4 fully saturated rings. The lowest BCUT2D eigenvalue weighted by Gasteiger charge is -2.44. The predicted octanol–water partition coefficient (Wildman–Crippen LogP) is -5.52. The maximum atomic E-state index is 13.1. The molecule has 406 valence electrons. The van der Waals surface area contributed by atoms with Crippen LogP contribution in [0.15, 0.2) is 89.6 Å². The first-order valence-electron chi connectivity index (χ1n) is 23.0. The van der Waals surface area contributed by atoms with Crippen LogP contribution in [0.25, 0.3) is 11.8 Å². The van der Waals surface area contributed by atoms with Gasteiger partial charge in [-0.15, -0.1) is 0 Å². The van der Waals surface area contributed by atoms with E-state index in [1.54, 1.807) is 0 Å². The molecule has 0 aromatic heterocycles. The number of phenols is 2. The van der Waals surface area contributed by atoms with Crippen molar-refractivity contribution in [3.8, 4) is 17.2 Å². The van der Waals surface area contributed by atoms with Crippen LogP contribution in [0.1, 0.15) is 11.1 Å². The van der Waals surface area contributed by atoms with Crippen LogP contribution in [0.4, 0.5) is 0 Å². The number of hydrogen-bond donors (Lipinski definition) is 16. The van der Waals surface area contributed by atoms with Crippen LogP contribution in [0.3, 0.4) is 0 Å². The van der Waals surface area contributed by atoms with Crippen LogP contribution in [0, 0.1) is 0 Å². The van der Waals surface area contributed by atoms with Crippen LogP contribution in [0.5, 0.6) is 17.2 Å². The number of rotatable bonds is 15. The van der Waals surface area contributed by atoms with Crippen LogP contribution >= 0.6 is 0 Å². The van der Waals surface area contributed by atoms with Crippen molar-refractivity contribution in [1.82, 2.24) is 0 Å². The fourth-order valence-electron chi connectivity index (χ4n) is 8.50. The van der Waals surface area contributed by atoms with E-state index in [9.17, 15) is 86.5 Å². The van der Waals surface area contributed by atoms with E-state index in [1.807, 2.05) is 0 Å². The Morgan fingerprint density at radius 1 is 0.635 bits per heavy atom. The van der Waals surface area contributed by atoms with E-state index in [4.69, 9.17) is 42.6 Å². The molecule has 8 rings (SSSR count). The van der Waals surface area contributed by atoms with Gasteiger partial charge < -0.3 is 129 Å². The highest BCUT2D eigenvalue weighted by atomic mass is 16.8. The maximum absolute atomic E-state index is 13.1. The highest BCUT2D eigenvalue weighted by Crippen LogP contribution is 2.41. The molecular weight excluding hydrogens is 996 g/mol. The number of ether oxygens (including phenoxy) is 10. The standard InChI is InChI=1S/C47H56O27/c48-13-28-33(56)36(59)40(63)45(71-28)67-20-5-1-17(2-6-20)3-8-31(54)65-16-30-35(58)38(61)43(74-44-39(62)32(55)24(53)15-66-44)47(73-30)70-27-12-21-25(68-42(27)18-4-7-22(51)23(52)9-18)10-19(50)11-26(21)69-46-41(64)37(60)34(57)29(14-49)72-46/h1-12,24-25,28-30,32-41,43-53,55-64H,13-16H2/p+1. The van der Waals surface area contributed by atoms with E-state index in [0.29, 0.717) is 5.56 Å². The first-order valence-corrected chi connectivity index (χ1v) is 23.0. The van der Waals surface area contributed by atoms with Crippen molar-refractivity contribution in [3.63, 3.8) is 0 Å². The molecule has 20 atom stereocenters. The van der Waals surface area contributed by atoms with Gasteiger partial charge in [-0.1, -0.05) is 12.1 Å². The molecule has 20 unspecified atom stereocenters. The molecule has 17 N–H and O–H groups in total. The lowest BCUT2D eigenvalue weighted by molar-refractivity contribution is -0.351. The van der Waals surface area contributed by atoms with Gasteiger partial charge in [0, 0.05) is 24.3 Å². The van der Waals surface area contributed by atoms with Crippen LogP contribution < -0.4 is 4.74 Å². The molecule has 2 aromatic rings. The quantitative estimate of drug-likeness (QED) is 0.0342. The molecule has 27 heteroatoms. The molecule has 1 aliphatic carbocycles. The van der Waals surface area contributed by atoms with Gasteiger partial charge in [-0.3, -0.25) is 0 Å². The van der Waals surface area contributed by atoms with Gasteiger partial charge in [-0.25, -0.2) is 4.79 Å². The summed E-state index contributed by atoms with van der Waals surface area (Å²) in [5.41, 5.74) is 0.535. The Kier molecular flexibility index (Phi) is 17.1. The molecular formula is C47H57O27+. The second kappa shape index (κ2) is 23.2. The van der Waals surface area contributed by atoms with Crippen molar-refractivity contribution >= 4 is 17.8 Å². The van der Waals surface area contributed by atoms with Crippen LogP contribution in [0.2, 0.25) is 0 Å². The minimum atomic E-state index is -2.04. The first-order chi connectivity index (χ1) is 35.3. The number of allylic oxidation sites excluding steroid dienone is 2. The fraction of sp³-hybridized carbons (Fsp3) is 0.511. The van der Waals surface area contributed by atoms with E-state index in [-0.39, 0.29) is 34.2 Å². The van der Waals surface area contributed by atoms with Gasteiger partial charge in [-0.2, -0.15) is 0 Å². The summed E-state index contributed by atoms with van der Waals surface area (Å²) in [6.45, 7) is -2.77. The Hall–Kier alpha value is -5.51. The number of benzene rings is 2. The number of aliphatic hydroxyl groups excluding tert-OH is 14. The highest BCUT2D eigenvalue weighted by molar-refractivity contribution is 5.87. The van der Waals surface area contributed by atoms with Gasteiger partial charge in [0.25, 0.3) is 0 Å². The Morgan fingerprint density at radius 2 is 1.24 bits per heavy atom. The molecule has 5 aliphatic heterocycles. The third kappa shape index (κ3) is 11.6. The van der Waals surface area contributed by atoms with E-state index in [2.05, 4.69) is 4.74 Å². The average Bonchev–Trinajstić information content (AvgIpc) is 3.38. The van der Waals surface area contributed by atoms with E-state index >= 15 is 0 Å². The number of carbonyl (C=O) groups is 1. The number of phenolic OH excluding ortho intramolecular Hbond substituents is 2. The number of carbonyl (C=O) groups excluding carboxylic acids is 1. The second-order valence-corrected chi connectivity index (χ2v) is 17.8. The highest BCUT2D eigenvalue weighted by Gasteiger charge is 2.52. The van der Waals surface area contributed by atoms with Crippen molar-refractivity contribution in [3.05, 3.63) is 101 Å². The summed E-state index contributed by atoms with van der Waals surface area (Å²) < 4.78 is 56.2. The Morgan fingerprint density at radius 3 is 1.88 bits per heavy atom. The lowest BCUT2D eigenvalue weighted by Crippen LogP contribution is -2.63. The summed E-state index contributed by atoms with van der Waals surface area (Å²) in [6.07, 6.45) is -27.9. The molecule has 0 amide bonds. The van der Waals surface area contributed by atoms with Crippen LogP contribution in [-0.2, 0) is 42.7 Å². The molecule has 74 heavy (non-hydrogen) atoms. The van der Waals surface area contributed by atoms with Gasteiger partial charge in [0.1, 0.15) is 109 Å². The lowest BCUT2D eigenvalue weighted by atomic mass is 9.96. The number of hydrogen-bond acceptors (Lipinski definition) is 26. The zero-order valence-electron chi connectivity index (χ0n) is 38.5. The van der Waals surface area contributed by atoms with E-state index in [0.717, 1.165) is 24.3 Å². The van der Waals surface area contributed by atoms with Gasteiger partial charge >= 0.3 is 11.7 Å². The van der Waals surface area contributed by atoms with Crippen molar-refractivity contribution in [2.24, 2.45) is 0 Å². The number of esters is 1.